The molecule has 2 heterocycles. The summed E-state index contributed by atoms with van der Waals surface area (Å²) in [6, 6.07) is 87.5. The van der Waals surface area contributed by atoms with Crippen LogP contribution < -0.4 is 25.6 Å². The van der Waals surface area contributed by atoms with Gasteiger partial charge in [-0.1, -0.05) is 188 Å². The van der Waals surface area contributed by atoms with Gasteiger partial charge in [0.25, 0.3) is 0 Å². The third-order valence-corrected chi connectivity index (χ3v) is 21.7. The first-order valence-corrected chi connectivity index (χ1v) is 26.6. The lowest BCUT2D eigenvalue weighted by Gasteiger charge is -2.64. The molecule has 0 N–H and O–H groups in total. The van der Waals surface area contributed by atoms with Crippen LogP contribution in [0.15, 0.2) is 231 Å². The molecule has 4 bridgehead atoms. The van der Waals surface area contributed by atoms with Crippen molar-refractivity contribution in [2.24, 2.45) is 23.7 Å². The SMILES string of the molecule is c1ccc([Si](c2ccccc2)(c2ccccc2)c2cccc(-c3ccc(-n4c5ccccc5c5c(N6c7ccccc7C7(c8ccccc86)C6CC8CC(C6)CC7C8)cccc54)cc3)c2)cc1. The van der Waals surface area contributed by atoms with E-state index in [2.05, 4.69) is 240 Å². The Kier molecular flexibility index (Phi) is 8.83. The maximum Gasteiger partial charge on any atom is 0.179 e. The topological polar surface area (TPSA) is 8.17 Å². The smallest absolute Gasteiger partial charge is 0.179 e. The fraction of sp³-hybridized carbons (Fsp3) is 0.156. The maximum absolute atomic E-state index is 2.67. The van der Waals surface area contributed by atoms with Crippen molar-refractivity contribution in [2.45, 2.75) is 37.5 Å². The van der Waals surface area contributed by atoms with Crippen molar-refractivity contribution in [3.05, 3.63) is 242 Å². The van der Waals surface area contributed by atoms with E-state index in [4.69, 9.17) is 0 Å². The first-order chi connectivity index (χ1) is 33.2. The molecule has 5 aliphatic rings. The molecule has 4 saturated carbocycles. The van der Waals surface area contributed by atoms with E-state index >= 15 is 0 Å². The largest absolute Gasteiger partial charge is 0.309 e. The molecule has 1 aromatic heterocycles. The van der Waals surface area contributed by atoms with Crippen LogP contribution in [-0.2, 0) is 5.41 Å². The summed E-state index contributed by atoms with van der Waals surface area (Å²) in [5.74, 6) is 3.23. The third kappa shape index (κ3) is 5.61. The predicted molar refractivity (Wildman–Crippen MR) is 282 cm³/mol. The van der Waals surface area contributed by atoms with Gasteiger partial charge in [0.1, 0.15) is 0 Å². The highest BCUT2D eigenvalue weighted by atomic mass is 28.3. The number of benzene rings is 9. The number of fused-ring (bicyclic) bond motifs is 5. The Hall–Kier alpha value is -7.20. The van der Waals surface area contributed by atoms with Crippen molar-refractivity contribution < 1.29 is 0 Å². The highest BCUT2D eigenvalue weighted by Gasteiger charge is 2.61. The number of hydrogen-bond acceptors (Lipinski definition) is 1. The molecule has 322 valence electrons. The van der Waals surface area contributed by atoms with Gasteiger partial charge in [-0.05, 0) is 141 Å². The third-order valence-electron chi connectivity index (χ3n) is 16.9. The Morgan fingerprint density at radius 3 is 1.45 bits per heavy atom. The fourth-order valence-electron chi connectivity index (χ4n) is 14.6. The summed E-state index contributed by atoms with van der Waals surface area (Å²) in [6.45, 7) is 0. The lowest BCUT2D eigenvalue weighted by molar-refractivity contribution is -0.0419. The molecule has 1 aliphatic heterocycles. The molecule has 4 aliphatic carbocycles. The molecule has 3 heteroatoms. The molecular formula is C64H52N2Si. The normalized spacial score (nSPS) is 20.0. The minimum atomic E-state index is -2.67. The average molecular weight is 877 g/mol. The van der Waals surface area contributed by atoms with Gasteiger partial charge >= 0.3 is 0 Å². The summed E-state index contributed by atoms with van der Waals surface area (Å²) in [7, 11) is -2.67. The Labute approximate surface area is 394 Å². The van der Waals surface area contributed by atoms with E-state index in [9.17, 15) is 0 Å². The van der Waals surface area contributed by atoms with Crippen LogP contribution in [0.3, 0.4) is 0 Å². The van der Waals surface area contributed by atoms with E-state index in [0.29, 0.717) is 11.8 Å². The highest BCUT2D eigenvalue weighted by Crippen LogP contribution is 2.69. The molecule has 0 radical (unpaired) electrons. The van der Waals surface area contributed by atoms with Crippen LogP contribution in [0.2, 0.25) is 0 Å². The van der Waals surface area contributed by atoms with Gasteiger partial charge < -0.3 is 9.47 Å². The van der Waals surface area contributed by atoms with E-state index in [-0.39, 0.29) is 5.41 Å². The van der Waals surface area contributed by atoms with Crippen molar-refractivity contribution in [1.29, 1.82) is 0 Å². The maximum atomic E-state index is 2.64. The van der Waals surface area contributed by atoms with Crippen LogP contribution in [0, 0.1) is 23.7 Å². The van der Waals surface area contributed by atoms with Crippen LogP contribution in [0.5, 0.6) is 0 Å². The first kappa shape index (κ1) is 39.0. The summed E-state index contributed by atoms with van der Waals surface area (Å²) in [5.41, 5.74) is 13.2. The standard InChI is InChI=1S/C64H52N2Si/c1-4-19-51(20-5-1)67(52-21-6-2-7-22-52,53-23-8-3-9-24-53)54-25-16-18-47(43-54)46-34-36-50(37-35-46)65-58-29-13-10-26-55(58)63-61(65)32-17-33-62(63)66-59-30-14-11-27-56(59)64(57-28-12-15-31-60(57)66)48-39-44-38-45(41-48)42-49(64)40-44/h1-37,43-45,48-49H,38-42H2. The van der Waals surface area contributed by atoms with Gasteiger partial charge in [-0.3, -0.25) is 0 Å². The van der Waals surface area contributed by atoms with Gasteiger partial charge in [-0.2, -0.15) is 0 Å². The zero-order valence-corrected chi connectivity index (χ0v) is 38.7. The lowest BCUT2D eigenvalue weighted by atomic mass is 9.41. The molecule has 1 spiro atoms. The van der Waals surface area contributed by atoms with Crippen LogP contribution in [0.4, 0.5) is 17.1 Å². The van der Waals surface area contributed by atoms with Crippen LogP contribution in [0.1, 0.15) is 43.2 Å². The Morgan fingerprint density at radius 1 is 0.373 bits per heavy atom. The molecule has 10 aromatic rings. The van der Waals surface area contributed by atoms with Crippen molar-refractivity contribution in [3.8, 4) is 16.8 Å². The van der Waals surface area contributed by atoms with Crippen molar-refractivity contribution >= 4 is 67.7 Å². The molecule has 0 unspecified atom stereocenters. The molecular weight excluding hydrogens is 825 g/mol. The number of anilines is 3. The van der Waals surface area contributed by atoms with Gasteiger partial charge in [0.15, 0.2) is 8.07 Å². The quantitative estimate of drug-likeness (QED) is 0.114. The first-order valence-electron chi connectivity index (χ1n) is 24.6. The predicted octanol–water partition coefficient (Wildman–Crippen LogP) is 13.4. The van der Waals surface area contributed by atoms with Gasteiger partial charge in [-0.25, -0.2) is 0 Å². The van der Waals surface area contributed by atoms with Crippen molar-refractivity contribution in [1.82, 2.24) is 4.57 Å². The van der Waals surface area contributed by atoms with E-state index in [1.807, 2.05) is 0 Å². The summed E-state index contributed by atoms with van der Waals surface area (Å²) in [5, 5.41) is 8.10. The van der Waals surface area contributed by atoms with Crippen LogP contribution in [-0.4, -0.2) is 12.6 Å². The average Bonchev–Trinajstić information content (AvgIpc) is 3.73. The van der Waals surface area contributed by atoms with E-state index < -0.39 is 8.07 Å². The zero-order valence-electron chi connectivity index (χ0n) is 37.7. The van der Waals surface area contributed by atoms with E-state index in [0.717, 1.165) is 17.5 Å². The minimum absolute atomic E-state index is 0.0780. The molecule has 0 saturated heterocycles. The van der Waals surface area contributed by atoms with Gasteiger partial charge in [-0.15, -0.1) is 0 Å². The Balaban J connectivity index is 0.903. The molecule has 0 atom stereocenters. The zero-order chi connectivity index (χ0) is 44.1. The second-order valence-electron chi connectivity index (χ2n) is 20.0. The fourth-order valence-corrected chi connectivity index (χ4v) is 19.4. The van der Waals surface area contributed by atoms with Crippen LogP contribution in [0.25, 0.3) is 38.6 Å². The number of rotatable bonds is 7. The van der Waals surface area contributed by atoms with Gasteiger partial charge in [0, 0.05) is 21.9 Å². The summed E-state index contributed by atoms with van der Waals surface area (Å²) in [4.78, 5) is 2.64. The summed E-state index contributed by atoms with van der Waals surface area (Å²) >= 11 is 0. The molecule has 9 aromatic carbocycles. The number of hydrogen-bond donors (Lipinski definition) is 0. The highest BCUT2D eigenvalue weighted by molar-refractivity contribution is 7.19. The second kappa shape index (κ2) is 15.2. The molecule has 4 fully saturated rings. The van der Waals surface area contributed by atoms with Gasteiger partial charge in [0.2, 0.25) is 0 Å². The van der Waals surface area contributed by atoms with E-state index in [1.165, 1.54) is 103 Å². The van der Waals surface area contributed by atoms with Crippen molar-refractivity contribution in [3.63, 3.8) is 0 Å². The van der Waals surface area contributed by atoms with Crippen molar-refractivity contribution in [2.75, 3.05) is 4.90 Å². The van der Waals surface area contributed by atoms with E-state index in [1.54, 1.807) is 11.1 Å². The minimum Gasteiger partial charge on any atom is -0.309 e. The number of aromatic nitrogens is 1. The van der Waals surface area contributed by atoms with Gasteiger partial charge in [0.05, 0.1) is 28.1 Å². The number of para-hydroxylation sites is 3. The summed E-state index contributed by atoms with van der Waals surface area (Å²) in [6.07, 6.45) is 6.96. The lowest BCUT2D eigenvalue weighted by Crippen LogP contribution is -2.74. The monoisotopic (exact) mass is 876 g/mol. The molecule has 67 heavy (non-hydrogen) atoms. The molecule has 15 rings (SSSR count). The summed E-state index contributed by atoms with van der Waals surface area (Å²) < 4.78 is 2.49. The Morgan fingerprint density at radius 2 is 0.851 bits per heavy atom. The molecule has 2 nitrogen and oxygen atoms in total. The Bertz CT molecular complexity index is 3310. The second-order valence-corrected chi connectivity index (χ2v) is 23.9. The number of nitrogens with zero attached hydrogens (tertiary/aromatic N) is 2. The van der Waals surface area contributed by atoms with Crippen LogP contribution >= 0.6 is 0 Å². The molecule has 0 amide bonds.